The third-order valence-corrected chi connectivity index (χ3v) is 7.02. The zero-order valence-corrected chi connectivity index (χ0v) is 20.5. The van der Waals surface area contributed by atoms with E-state index in [4.69, 9.17) is 23.2 Å². The molecule has 0 bridgehead atoms. The molecule has 1 saturated heterocycles. The van der Waals surface area contributed by atoms with Crippen LogP contribution in [0.3, 0.4) is 0 Å². The average molecular weight is 511 g/mol. The van der Waals surface area contributed by atoms with Crippen molar-refractivity contribution in [3.8, 4) is 0 Å². The molecule has 0 aliphatic carbocycles. The lowest BCUT2D eigenvalue weighted by molar-refractivity contribution is -0.384. The first-order valence-electron chi connectivity index (χ1n) is 11.6. The summed E-state index contributed by atoms with van der Waals surface area (Å²) in [6, 6.07) is 18.0. The predicted molar refractivity (Wildman–Crippen MR) is 140 cm³/mol. The minimum absolute atomic E-state index is 0.0212. The number of nitro benzene ring substituents is 1. The number of fused-ring (bicyclic) bond motifs is 1. The molecule has 0 atom stereocenters. The van der Waals surface area contributed by atoms with E-state index in [0.29, 0.717) is 33.3 Å². The van der Waals surface area contributed by atoms with Crippen molar-refractivity contribution in [1.29, 1.82) is 0 Å². The number of halogens is 2. The Hall–Kier alpha value is -3.29. The Labute approximate surface area is 212 Å². The Kier molecular flexibility index (Phi) is 6.54. The fraction of sp³-hybridized carbons (Fsp3) is 0.269. The Bertz CT molecular complexity index is 1440. The number of rotatable bonds is 6. The van der Waals surface area contributed by atoms with Crippen LogP contribution in [0.15, 0.2) is 65.5 Å². The maximum Gasteiger partial charge on any atom is 0.329 e. The van der Waals surface area contributed by atoms with Gasteiger partial charge >= 0.3 is 5.69 Å². The maximum atomic E-state index is 13.7. The van der Waals surface area contributed by atoms with Gasteiger partial charge in [0.1, 0.15) is 5.69 Å². The summed E-state index contributed by atoms with van der Waals surface area (Å²) in [6.07, 6.45) is 3.10. The molecule has 4 aromatic rings. The summed E-state index contributed by atoms with van der Waals surface area (Å²) in [6.45, 7) is 2.14. The van der Waals surface area contributed by atoms with Crippen LogP contribution in [0.4, 0.5) is 11.4 Å². The van der Waals surface area contributed by atoms with Gasteiger partial charge in [-0.05, 0) is 60.7 Å². The number of nitro groups is 1. The molecule has 9 heteroatoms. The van der Waals surface area contributed by atoms with Crippen molar-refractivity contribution in [3.05, 3.63) is 102 Å². The van der Waals surface area contributed by atoms with E-state index in [9.17, 15) is 14.9 Å². The molecule has 0 unspecified atom stereocenters. The zero-order valence-electron chi connectivity index (χ0n) is 19.0. The summed E-state index contributed by atoms with van der Waals surface area (Å²) >= 11 is 12.1. The van der Waals surface area contributed by atoms with Gasteiger partial charge in [0.25, 0.3) is 5.69 Å². The van der Waals surface area contributed by atoms with Crippen LogP contribution in [0, 0.1) is 10.1 Å². The number of piperidine rings is 1. The van der Waals surface area contributed by atoms with E-state index in [1.807, 2.05) is 30.3 Å². The minimum Gasteiger partial charge on any atom is -0.366 e. The molecule has 2 heterocycles. The van der Waals surface area contributed by atoms with Crippen molar-refractivity contribution in [3.63, 3.8) is 0 Å². The second kappa shape index (κ2) is 9.76. The fourth-order valence-corrected chi connectivity index (χ4v) is 4.98. The first-order chi connectivity index (χ1) is 16.9. The molecular formula is C26H24Cl2N4O3. The van der Waals surface area contributed by atoms with Crippen molar-refractivity contribution in [2.75, 3.05) is 18.0 Å². The maximum absolute atomic E-state index is 13.7. The molecular weight excluding hydrogens is 487 g/mol. The standard InChI is InChI=1S/C26H24Cl2N4O3/c27-20-8-4-18(5-9-20)16-30-23-14-22(29-12-2-1-3-13-29)25(32(34)35)15-24(23)31(26(30)33)17-19-6-10-21(28)11-7-19/h4-11,14-15H,1-3,12-13,16-17H2. The van der Waals surface area contributed by atoms with Crippen molar-refractivity contribution < 1.29 is 4.92 Å². The minimum atomic E-state index is -0.350. The van der Waals surface area contributed by atoms with E-state index in [2.05, 4.69) is 4.90 Å². The summed E-state index contributed by atoms with van der Waals surface area (Å²) in [5.74, 6) is 0. The number of benzene rings is 3. The highest BCUT2D eigenvalue weighted by Gasteiger charge is 2.26. The molecule has 180 valence electrons. The van der Waals surface area contributed by atoms with E-state index >= 15 is 0 Å². The summed E-state index contributed by atoms with van der Waals surface area (Å²) in [4.78, 5) is 27.5. The first kappa shape index (κ1) is 23.5. The molecule has 1 aromatic heterocycles. The van der Waals surface area contributed by atoms with Gasteiger partial charge in [-0.25, -0.2) is 4.79 Å². The molecule has 7 nitrogen and oxygen atoms in total. The van der Waals surface area contributed by atoms with Crippen molar-refractivity contribution in [1.82, 2.24) is 9.13 Å². The van der Waals surface area contributed by atoms with Crippen molar-refractivity contribution >= 4 is 45.6 Å². The second-order valence-corrected chi connectivity index (χ2v) is 9.72. The monoisotopic (exact) mass is 510 g/mol. The molecule has 0 N–H and O–H groups in total. The quantitative estimate of drug-likeness (QED) is 0.232. The van der Waals surface area contributed by atoms with Crippen LogP contribution in [0.25, 0.3) is 11.0 Å². The van der Waals surface area contributed by atoms with Gasteiger partial charge in [-0.1, -0.05) is 47.5 Å². The van der Waals surface area contributed by atoms with Gasteiger partial charge in [0, 0.05) is 29.2 Å². The van der Waals surface area contributed by atoms with E-state index in [0.717, 1.165) is 43.5 Å². The van der Waals surface area contributed by atoms with E-state index in [1.165, 1.54) is 0 Å². The second-order valence-electron chi connectivity index (χ2n) is 8.84. The van der Waals surface area contributed by atoms with Gasteiger partial charge in [-0.2, -0.15) is 0 Å². The number of nitrogens with zero attached hydrogens (tertiary/aromatic N) is 4. The first-order valence-corrected chi connectivity index (χ1v) is 12.3. The molecule has 5 rings (SSSR count). The highest BCUT2D eigenvalue weighted by atomic mass is 35.5. The number of hydrogen-bond acceptors (Lipinski definition) is 4. The number of imidazole rings is 1. The molecule has 3 aromatic carbocycles. The lowest BCUT2D eigenvalue weighted by atomic mass is 10.1. The Balaban J connectivity index is 1.70. The molecule has 0 spiro atoms. The third kappa shape index (κ3) is 4.79. The molecule has 0 radical (unpaired) electrons. The van der Waals surface area contributed by atoms with Crippen LogP contribution in [-0.4, -0.2) is 27.1 Å². The van der Waals surface area contributed by atoms with Gasteiger partial charge < -0.3 is 4.90 Å². The van der Waals surface area contributed by atoms with E-state index in [1.54, 1.807) is 39.5 Å². The summed E-state index contributed by atoms with van der Waals surface area (Å²) < 4.78 is 3.28. The molecule has 35 heavy (non-hydrogen) atoms. The van der Waals surface area contributed by atoms with Gasteiger partial charge in [-0.3, -0.25) is 19.2 Å². The van der Waals surface area contributed by atoms with Crippen LogP contribution in [-0.2, 0) is 13.1 Å². The number of aromatic nitrogens is 2. The number of anilines is 1. The molecule has 1 aliphatic rings. The van der Waals surface area contributed by atoms with Gasteiger partial charge in [0.05, 0.1) is 29.0 Å². The van der Waals surface area contributed by atoms with Crippen molar-refractivity contribution in [2.45, 2.75) is 32.4 Å². The van der Waals surface area contributed by atoms with Crippen LogP contribution >= 0.6 is 23.2 Å². The number of hydrogen-bond donors (Lipinski definition) is 0. The van der Waals surface area contributed by atoms with Crippen LogP contribution < -0.4 is 10.6 Å². The van der Waals surface area contributed by atoms with E-state index < -0.39 is 0 Å². The van der Waals surface area contributed by atoms with Crippen molar-refractivity contribution in [2.24, 2.45) is 0 Å². The van der Waals surface area contributed by atoms with Gasteiger partial charge in [-0.15, -0.1) is 0 Å². The summed E-state index contributed by atoms with van der Waals surface area (Å²) in [7, 11) is 0. The highest BCUT2D eigenvalue weighted by Crippen LogP contribution is 2.35. The van der Waals surface area contributed by atoms with Crippen LogP contribution in [0.1, 0.15) is 30.4 Å². The summed E-state index contributed by atoms with van der Waals surface area (Å²) in [5, 5.41) is 13.3. The lowest BCUT2D eigenvalue weighted by Crippen LogP contribution is -2.30. The van der Waals surface area contributed by atoms with Crippen LogP contribution in [0.5, 0.6) is 0 Å². The normalized spacial score (nSPS) is 13.9. The summed E-state index contributed by atoms with van der Waals surface area (Å²) in [5.41, 5.74) is 3.36. The lowest BCUT2D eigenvalue weighted by Gasteiger charge is -2.28. The smallest absolute Gasteiger partial charge is 0.329 e. The molecule has 1 fully saturated rings. The fourth-order valence-electron chi connectivity index (χ4n) is 4.72. The SMILES string of the molecule is O=c1n(Cc2ccc(Cl)cc2)c2cc(N3CCCCC3)c([N+](=O)[O-])cc2n1Cc1ccc(Cl)cc1. The molecule has 0 saturated carbocycles. The molecule has 0 amide bonds. The average Bonchev–Trinajstić information content (AvgIpc) is 3.11. The Morgan fingerprint density at radius 1 is 0.771 bits per heavy atom. The van der Waals surface area contributed by atoms with Gasteiger partial charge in [0.15, 0.2) is 0 Å². The highest BCUT2D eigenvalue weighted by molar-refractivity contribution is 6.30. The Morgan fingerprint density at radius 3 is 1.74 bits per heavy atom. The largest absolute Gasteiger partial charge is 0.366 e. The topological polar surface area (TPSA) is 73.3 Å². The Morgan fingerprint density at radius 2 is 1.26 bits per heavy atom. The third-order valence-electron chi connectivity index (χ3n) is 6.52. The predicted octanol–water partition coefficient (Wildman–Crippen LogP) is 6.10. The van der Waals surface area contributed by atoms with E-state index in [-0.39, 0.29) is 22.8 Å². The molecule has 1 aliphatic heterocycles. The van der Waals surface area contributed by atoms with Gasteiger partial charge in [0.2, 0.25) is 0 Å². The zero-order chi connectivity index (χ0) is 24.5. The van der Waals surface area contributed by atoms with Crippen LogP contribution in [0.2, 0.25) is 10.0 Å².